The lowest BCUT2D eigenvalue weighted by Gasteiger charge is -2.29. The minimum atomic E-state index is -3.66. The highest BCUT2D eigenvalue weighted by molar-refractivity contribution is 7.89. The van der Waals surface area contributed by atoms with Crippen LogP contribution >= 0.6 is 0 Å². The second-order valence-corrected chi connectivity index (χ2v) is 12.2. The molecule has 44 heavy (non-hydrogen) atoms. The molecule has 0 saturated carbocycles. The fourth-order valence-corrected chi connectivity index (χ4v) is 6.18. The van der Waals surface area contributed by atoms with Crippen LogP contribution in [-0.4, -0.2) is 82.3 Å². The lowest BCUT2D eigenvalue weighted by molar-refractivity contribution is -0.142. The molecule has 0 bridgehead atoms. The van der Waals surface area contributed by atoms with Gasteiger partial charge in [0.05, 0.1) is 25.2 Å². The fourth-order valence-electron chi connectivity index (χ4n) is 4.77. The Morgan fingerprint density at radius 2 is 1.59 bits per heavy atom. The Bertz CT molecular complexity index is 1560. The van der Waals surface area contributed by atoms with Crippen molar-refractivity contribution in [1.82, 2.24) is 14.5 Å². The van der Waals surface area contributed by atoms with E-state index in [1.165, 1.54) is 33.5 Å². The third kappa shape index (κ3) is 7.41. The van der Waals surface area contributed by atoms with Gasteiger partial charge in [0.1, 0.15) is 17.5 Å². The van der Waals surface area contributed by atoms with Crippen LogP contribution in [0.3, 0.4) is 0 Å². The third-order valence-corrected chi connectivity index (χ3v) is 9.29. The van der Waals surface area contributed by atoms with Gasteiger partial charge in [-0.05, 0) is 66.6 Å². The van der Waals surface area contributed by atoms with Gasteiger partial charge in [-0.15, -0.1) is 0 Å². The zero-order valence-corrected chi connectivity index (χ0v) is 25.4. The topological polar surface area (TPSA) is 133 Å². The number of ether oxygens (including phenoxy) is 5. The van der Waals surface area contributed by atoms with E-state index in [9.17, 15) is 18.0 Å². The Hall–Kier alpha value is -4.33. The average Bonchev–Trinajstić information content (AvgIpc) is 3.53. The molecule has 13 heteroatoms. The summed E-state index contributed by atoms with van der Waals surface area (Å²) >= 11 is 0. The van der Waals surface area contributed by atoms with Gasteiger partial charge in [0.25, 0.3) is 5.91 Å². The normalized spacial score (nSPS) is 15.3. The Labute approximate surface area is 256 Å². The molecular formula is C31H35N3O9S. The SMILES string of the molecule is COc1ccc(CN(C(=O)COc2ccc(S(=O)(=O)N3CCOCC3)cc2)[C@H](C)C(=O)NCc2ccc3c(c2)OCO3)cc1. The number of fused-ring (bicyclic) bond motifs is 1. The third-order valence-electron chi connectivity index (χ3n) is 7.38. The maximum Gasteiger partial charge on any atom is 0.261 e. The first kappa shape index (κ1) is 31.1. The van der Waals surface area contributed by atoms with Gasteiger partial charge in [0.2, 0.25) is 22.7 Å². The van der Waals surface area contributed by atoms with Crippen LogP contribution in [0.2, 0.25) is 0 Å². The molecule has 0 radical (unpaired) electrons. The van der Waals surface area contributed by atoms with Crippen LogP contribution in [0.4, 0.5) is 0 Å². The van der Waals surface area contributed by atoms with Crippen molar-refractivity contribution in [2.24, 2.45) is 0 Å². The second kappa shape index (κ2) is 14.0. The minimum absolute atomic E-state index is 0.131. The van der Waals surface area contributed by atoms with E-state index in [1.54, 1.807) is 38.3 Å². The molecule has 2 heterocycles. The Balaban J connectivity index is 1.24. The molecule has 2 amide bonds. The first-order chi connectivity index (χ1) is 21.2. The highest BCUT2D eigenvalue weighted by atomic mass is 32.2. The molecule has 3 aromatic rings. The van der Waals surface area contributed by atoms with Crippen LogP contribution in [0.15, 0.2) is 71.6 Å². The van der Waals surface area contributed by atoms with Crippen LogP contribution in [0.25, 0.3) is 0 Å². The first-order valence-corrected chi connectivity index (χ1v) is 15.6. The molecule has 1 atom stereocenters. The van der Waals surface area contributed by atoms with E-state index in [4.69, 9.17) is 23.7 Å². The van der Waals surface area contributed by atoms with E-state index >= 15 is 0 Å². The van der Waals surface area contributed by atoms with Gasteiger partial charge in [-0.2, -0.15) is 4.31 Å². The van der Waals surface area contributed by atoms with Crippen LogP contribution in [0, 0.1) is 0 Å². The molecule has 0 spiro atoms. The quantitative estimate of drug-likeness (QED) is 0.323. The molecule has 0 aliphatic carbocycles. The summed E-state index contributed by atoms with van der Waals surface area (Å²) in [6, 6.07) is 17.7. The summed E-state index contributed by atoms with van der Waals surface area (Å²) < 4.78 is 54.2. The summed E-state index contributed by atoms with van der Waals surface area (Å²) in [5.74, 6) is 1.49. The van der Waals surface area contributed by atoms with E-state index < -0.39 is 22.0 Å². The molecule has 2 aliphatic heterocycles. The maximum absolute atomic E-state index is 13.5. The van der Waals surface area contributed by atoms with Gasteiger partial charge >= 0.3 is 0 Å². The van der Waals surface area contributed by atoms with Crippen molar-refractivity contribution in [1.29, 1.82) is 0 Å². The van der Waals surface area contributed by atoms with E-state index in [1.807, 2.05) is 18.2 Å². The Kier molecular flexibility index (Phi) is 9.88. The number of benzene rings is 3. The van der Waals surface area contributed by atoms with Gasteiger partial charge in [0.15, 0.2) is 18.1 Å². The molecular weight excluding hydrogens is 590 g/mol. The van der Waals surface area contributed by atoms with Crippen molar-refractivity contribution < 1.29 is 41.7 Å². The number of hydrogen-bond donors (Lipinski definition) is 1. The molecule has 1 saturated heterocycles. The zero-order valence-electron chi connectivity index (χ0n) is 24.6. The van der Waals surface area contributed by atoms with E-state index in [-0.39, 0.29) is 37.3 Å². The van der Waals surface area contributed by atoms with Crippen LogP contribution in [0.5, 0.6) is 23.0 Å². The lowest BCUT2D eigenvalue weighted by atomic mass is 10.1. The Morgan fingerprint density at radius 3 is 2.30 bits per heavy atom. The number of rotatable bonds is 12. The molecule has 12 nitrogen and oxygen atoms in total. The summed E-state index contributed by atoms with van der Waals surface area (Å²) in [6.07, 6.45) is 0. The van der Waals surface area contributed by atoms with Gasteiger partial charge in [-0.3, -0.25) is 9.59 Å². The van der Waals surface area contributed by atoms with Gasteiger partial charge < -0.3 is 33.9 Å². The standard InChI is InChI=1S/C31H35N3O9S/c1-22(31(36)32-18-24-5-12-28-29(17-24)43-21-42-28)34(19-23-3-6-25(39-2)7-4-23)30(35)20-41-26-8-10-27(11-9-26)44(37,38)33-13-15-40-16-14-33/h3-12,17,22H,13-16,18-21H2,1-2H3,(H,32,36)/t22-/m1/s1. The maximum atomic E-state index is 13.5. The van der Waals surface area contributed by atoms with Gasteiger partial charge in [0, 0.05) is 26.2 Å². The number of nitrogens with one attached hydrogen (secondary N) is 1. The molecule has 1 N–H and O–H groups in total. The van der Waals surface area contributed by atoms with Gasteiger partial charge in [-0.25, -0.2) is 8.42 Å². The van der Waals surface area contributed by atoms with E-state index in [0.717, 1.165) is 11.1 Å². The Morgan fingerprint density at radius 1 is 0.932 bits per heavy atom. The monoisotopic (exact) mass is 625 g/mol. The number of morpholine rings is 1. The van der Waals surface area contributed by atoms with Crippen LogP contribution in [0.1, 0.15) is 18.1 Å². The number of sulfonamides is 1. The molecule has 5 rings (SSSR count). The summed E-state index contributed by atoms with van der Waals surface area (Å²) in [7, 11) is -2.09. The average molecular weight is 626 g/mol. The molecule has 1 fully saturated rings. The van der Waals surface area contributed by atoms with Crippen molar-refractivity contribution >= 4 is 21.8 Å². The van der Waals surface area contributed by atoms with Crippen molar-refractivity contribution in [2.45, 2.75) is 31.0 Å². The number of amides is 2. The lowest BCUT2D eigenvalue weighted by Crippen LogP contribution is -2.48. The van der Waals surface area contributed by atoms with E-state index in [0.29, 0.717) is 49.3 Å². The molecule has 0 aromatic heterocycles. The number of methoxy groups -OCH3 is 1. The first-order valence-electron chi connectivity index (χ1n) is 14.1. The number of hydrogen-bond acceptors (Lipinski definition) is 9. The zero-order chi connectivity index (χ0) is 31.1. The predicted octanol–water partition coefficient (Wildman–Crippen LogP) is 2.56. The molecule has 234 valence electrons. The van der Waals surface area contributed by atoms with Gasteiger partial charge in [-0.1, -0.05) is 18.2 Å². The molecule has 2 aliphatic rings. The summed E-state index contributed by atoms with van der Waals surface area (Å²) in [5, 5.41) is 2.89. The highest BCUT2D eigenvalue weighted by Crippen LogP contribution is 2.32. The molecule has 0 unspecified atom stereocenters. The number of nitrogens with zero attached hydrogens (tertiary/aromatic N) is 2. The summed E-state index contributed by atoms with van der Waals surface area (Å²) in [4.78, 5) is 28.3. The number of carbonyl (C=O) groups is 2. The van der Waals surface area contributed by atoms with E-state index in [2.05, 4.69) is 5.32 Å². The number of carbonyl (C=O) groups excluding carboxylic acids is 2. The highest BCUT2D eigenvalue weighted by Gasteiger charge is 2.28. The van der Waals surface area contributed by atoms with Crippen molar-refractivity contribution in [3.8, 4) is 23.0 Å². The van der Waals surface area contributed by atoms with Crippen LogP contribution < -0.4 is 24.3 Å². The predicted molar refractivity (Wildman–Crippen MR) is 159 cm³/mol. The largest absolute Gasteiger partial charge is 0.497 e. The van der Waals surface area contributed by atoms with Crippen molar-refractivity contribution in [2.75, 3.05) is 46.8 Å². The summed E-state index contributed by atoms with van der Waals surface area (Å²) in [5.41, 5.74) is 1.62. The van der Waals surface area contributed by atoms with Crippen LogP contribution in [-0.2, 0) is 37.4 Å². The minimum Gasteiger partial charge on any atom is -0.497 e. The van der Waals surface area contributed by atoms with Crippen molar-refractivity contribution in [3.63, 3.8) is 0 Å². The smallest absolute Gasteiger partial charge is 0.261 e. The fraction of sp³-hybridized carbons (Fsp3) is 0.355. The second-order valence-electron chi connectivity index (χ2n) is 10.2. The van der Waals surface area contributed by atoms with Crippen molar-refractivity contribution in [3.05, 3.63) is 77.9 Å². The summed E-state index contributed by atoms with van der Waals surface area (Å²) in [6.45, 7) is 3.14. The molecule has 3 aromatic carbocycles.